The van der Waals surface area contributed by atoms with E-state index in [0.717, 1.165) is 5.52 Å². The number of aliphatic hydroxyl groups excluding tert-OH is 1. The molecule has 3 heterocycles. The molecule has 2 atom stereocenters. The zero-order valence-corrected chi connectivity index (χ0v) is 14.7. The van der Waals surface area contributed by atoms with Crippen LogP contribution in [0.3, 0.4) is 0 Å². The molecule has 136 valence electrons. The Bertz CT molecular complexity index is 962. The van der Waals surface area contributed by atoms with Gasteiger partial charge in [-0.15, -0.1) is 0 Å². The predicted octanol–water partition coefficient (Wildman–Crippen LogP) is 3.05. The summed E-state index contributed by atoms with van der Waals surface area (Å²) in [5.74, 6) is 0.350. The first-order valence-corrected chi connectivity index (χ1v) is 8.75. The number of morpholine rings is 1. The number of nitrogens with zero attached hydrogens (tertiary/aromatic N) is 1. The Balaban J connectivity index is 1.56. The van der Waals surface area contributed by atoms with E-state index in [-0.39, 0.29) is 16.8 Å². The standard InChI is InChI=1S/C18H18N2O5S/c21-14(15-2-1-6-24-15)9-12-10-23-7-5-20(12)17(22)11-3-4-13-16(8-11)25-18(26)19-13/h1-4,6,8,12,14,21H,5,7,9-10H2,(H,19,26)/t12-,14+/m1/s1. The van der Waals surface area contributed by atoms with Crippen LogP contribution in [0.4, 0.5) is 0 Å². The molecule has 8 heteroatoms. The van der Waals surface area contributed by atoms with Crippen molar-refractivity contribution in [3.05, 3.63) is 52.8 Å². The van der Waals surface area contributed by atoms with Crippen LogP contribution in [0.2, 0.25) is 0 Å². The van der Waals surface area contributed by atoms with Gasteiger partial charge in [0.2, 0.25) is 0 Å². The van der Waals surface area contributed by atoms with Gasteiger partial charge in [0.05, 0.1) is 31.0 Å². The summed E-state index contributed by atoms with van der Waals surface area (Å²) in [6.45, 7) is 1.30. The van der Waals surface area contributed by atoms with E-state index < -0.39 is 6.10 Å². The molecule has 4 rings (SSSR count). The maximum absolute atomic E-state index is 13.0. The van der Waals surface area contributed by atoms with Crippen molar-refractivity contribution in [2.24, 2.45) is 0 Å². The molecule has 1 aromatic carbocycles. The Morgan fingerprint density at radius 3 is 3.12 bits per heavy atom. The van der Waals surface area contributed by atoms with Crippen LogP contribution < -0.4 is 0 Å². The molecule has 3 aromatic rings. The average Bonchev–Trinajstić information content (AvgIpc) is 3.29. The second-order valence-electron chi connectivity index (χ2n) is 6.22. The van der Waals surface area contributed by atoms with Crippen molar-refractivity contribution in [1.29, 1.82) is 0 Å². The van der Waals surface area contributed by atoms with Gasteiger partial charge in [-0.2, -0.15) is 0 Å². The zero-order valence-electron chi connectivity index (χ0n) is 13.9. The molecule has 0 bridgehead atoms. The quantitative estimate of drug-likeness (QED) is 0.682. The fourth-order valence-electron chi connectivity index (χ4n) is 3.22. The van der Waals surface area contributed by atoms with Crippen LogP contribution in [0.1, 0.15) is 28.6 Å². The highest BCUT2D eigenvalue weighted by molar-refractivity contribution is 7.71. The van der Waals surface area contributed by atoms with Crippen molar-refractivity contribution < 1.29 is 23.5 Å². The number of aromatic nitrogens is 1. The fourth-order valence-corrected chi connectivity index (χ4v) is 3.42. The molecule has 7 nitrogen and oxygen atoms in total. The first kappa shape index (κ1) is 17.0. The molecule has 1 aliphatic rings. The van der Waals surface area contributed by atoms with Crippen LogP contribution in [0.25, 0.3) is 11.1 Å². The molecule has 2 N–H and O–H groups in total. The van der Waals surface area contributed by atoms with Crippen LogP contribution in [0.5, 0.6) is 0 Å². The third kappa shape index (κ3) is 3.31. The maximum Gasteiger partial charge on any atom is 0.266 e. The minimum Gasteiger partial charge on any atom is -0.467 e. The summed E-state index contributed by atoms with van der Waals surface area (Å²) < 4.78 is 16.2. The van der Waals surface area contributed by atoms with E-state index in [2.05, 4.69) is 4.98 Å². The third-order valence-corrected chi connectivity index (χ3v) is 4.71. The van der Waals surface area contributed by atoms with Gasteiger partial charge in [0, 0.05) is 18.5 Å². The summed E-state index contributed by atoms with van der Waals surface area (Å²) in [6.07, 6.45) is 1.06. The van der Waals surface area contributed by atoms with Crippen LogP contribution in [0.15, 0.2) is 45.4 Å². The van der Waals surface area contributed by atoms with E-state index in [1.807, 2.05) is 0 Å². The Hall–Kier alpha value is -2.42. The van der Waals surface area contributed by atoms with E-state index in [1.54, 1.807) is 35.2 Å². The number of nitrogens with one attached hydrogen (secondary N) is 1. The number of aliphatic hydroxyl groups is 1. The summed E-state index contributed by atoms with van der Waals surface area (Å²) in [5.41, 5.74) is 1.80. The number of carbonyl (C=O) groups excluding carboxylic acids is 1. The molecule has 0 saturated carbocycles. The number of H-pyrrole nitrogens is 1. The second-order valence-corrected chi connectivity index (χ2v) is 6.59. The van der Waals surface area contributed by atoms with Gasteiger partial charge in [0.15, 0.2) is 5.58 Å². The minimum atomic E-state index is -0.795. The predicted molar refractivity (Wildman–Crippen MR) is 95.3 cm³/mol. The van der Waals surface area contributed by atoms with Gasteiger partial charge < -0.3 is 28.6 Å². The lowest BCUT2D eigenvalue weighted by atomic mass is 10.0. The van der Waals surface area contributed by atoms with Gasteiger partial charge in [-0.25, -0.2) is 0 Å². The van der Waals surface area contributed by atoms with Crippen LogP contribution in [-0.4, -0.2) is 46.7 Å². The summed E-state index contributed by atoms with van der Waals surface area (Å²) >= 11 is 4.98. The molecule has 26 heavy (non-hydrogen) atoms. The smallest absolute Gasteiger partial charge is 0.266 e. The largest absolute Gasteiger partial charge is 0.467 e. The molecule has 1 aliphatic heterocycles. The Morgan fingerprint density at radius 2 is 2.31 bits per heavy atom. The van der Waals surface area contributed by atoms with Crippen LogP contribution in [-0.2, 0) is 4.74 Å². The molecule has 0 aliphatic carbocycles. The molecule has 1 saturated heterocycles. The summed E-state index contributed by atoms with van der Waals surface area (Å²) in [4.78, 5) is 17.9. The normalized spacial score (nSPS) is 19.0. The van der Waals surface area contributed by atoms with Gasteiger partial charge in [-0.1, -0.05) is 0 Å². The van der Waals surface area contributed by atoms with E-state index in [1.165, 1.54) is 6.26 Å². The van der Waals surface area contributed by atoms with E-state index in [4.69, 9.17) is 25.8 Å². The molecule has 2 aromatic heterocycles. The van der Waals surface area contributed by atoms with Crippen LogP contribution in [0, 0.1) is 4.84 Å². The Morgan fingerprint density at radius 1 is 1.42 bits per heavy atom. The highest BCUT2D eigenvalue weighted by atomic mass is 32.1. The molecule has 1 amide bonds. The minimum absolute atomic E-state index is 0.130. The third-order valence-electron chi connectivity index (χ3n) is 4.52. The second kappa shape index (κ2) is 7.06. The highest BCUT2D eigenvalue weighted by Crippen LogP contribution is 2.25. The van der Waals surface area contributed by atoms with Crippen molar-refractivity contribution in [2.75, 3.05) is 19.8 Å². The van der Waals surface area contributed by atoms with Gasteiger partial charge in [-0.3, -0.25) is 4.79 Å². The van der Waals surface area contributed by atoms with Crippen LogP contribution >= 0.6 is 12.2 Å². The topological polar surface area (TPSA) is 91.8 Å². The van der Waals surface area contributed by atoms with Crippen molar-refractivity contribution in [3.8, 4) is 0 Å². The van der Waals surface area contributed by atoms with Gasteiger partial charge in [0.1, 0.15) is 11.9 Å². The number of ether oxygens (including phenoxy) is 1. The lowest BCUT2D eigenvalue weighted by molar-refractivity contribution is -0.0195. The Labute approximate surface area is 154 Å². The number of aromatic amines is 1. The number of carbonyl (C=O) groups is 1. The van der Waals surface area contributed by atoms with E-state index in [9.17, 15) is 9.90 Å². The van der Waals surface area contributed by atoms with Gasteiger partial charge in [0.25, 0.3) is 10.7 Å². The number of amides is 1. The molecule has 0 spiro atoms. The molecule has 0 unspecified atom stereocenters. The lowest BCUT2D eigenvalue weighted by Crippen LogP contribution is -2.49. The number of furan rings is 1. The molecule has 1 fully saturated rings. The van der Waals surface area contributed by atoms with Crippen molar-refractivity contribution in [1.82, 2.24) is 9.88 Å². The van der Waals surface area contributed by atoms with E-state index >= 15 is 0 Å². The van der Waals surface area contributed by atoms with Gasteiger partial charge >= 0.3 is 0 Å². The van der Waals surface area contributed by atoms with Crippen molar-refractivity contribution in [2.45, 2.75) is 18.6 Å². The summed E-state index contributed by atoms with van der Waals surface area (Å²) in [6, 6.07) is 8.38. The molecular formula is C18H18N2O5S. The number of fused-ring (bicyclic) bond motifs is 1. The van der Waals surface area contributed by atoms with Gasteiger partial charge in [-0.05, 0) is 42.5 Å². The maximum atomic E-state index is 13.0. The Kier molecular flexibility index (Phi) is 4.62. The number of oxazole rings is 1. The lowest BCUT2D eigenvalue weighted by Gasteiger charge is -2.36. The van der Waals surface area contributed by atoms with Crippen molar-refractivity contribution >= 4 is 29.2 Å². The van der Waals surface area contributed by atoms with Crippen molar-refractivity contribution in [3.63, 3.8) is 0 Å². The monoisotopic (exact) mass is 374 g/mol. The first-order valence-electron chi connectivity index (χ1n) is 8.35. The zero-order chi connectivity index (χ0) is 18.1. The number of hydrogen-bond donors (Lipinski definition) is 2. The first-order chi connectivity index (χ1) is 12.6. The molecular weight excluding hydrogens is 356 g/mol. The van der Waals surface area contributed by atoms with E-state index in [0.29, 0.717) is 43.1 Å². The number of rotatable bonds is 4. The summed E-state index contributed by atoms with van der Waals surface area (Å²) in [7, 11) is 0. The average molecular weight is 374 g/mol. The SMILES string of the molecule is O=C(c1ccc2[nH]c(=S)oc2c1)N1CCOC[C@H]1C[C@H](O)c1ccco1. The number of benzene rings is 1. The highest BCUT2D eigenvalue weighted by Gasteiger charge is 2.31. The fraction of sp³-hybridized carbons (Fsp3) is 0.333. The molecule has 0 radical (unpaired) electrons. The summed E-state index contributed by atoms with van der Waals surface area (Å²) in [5, 5.41) is 10.4. The number of hydrogen-bond acceptors (Lipinski definition) is 6.